The molecule has 1 N–H and O–H groups in total. The van der Waals surface area contributed by atoms with Gasteiger partial charge in [-0.15, -0.1) is 0 Å². The summed E-state index contributed by atoms with van der Waals surface area (Å²) < 4.78 is 5.18. The van der Waals surface area contributed by atoms with Gasteiger partial charge in [0, 0.05) is 5.54 Å². The van der Waals surface area contributed by atoms with Gasteiger partial charge < -0.3 is 10.1 Å². The summed E-state index contributed by atoms with van der Waals surface area (Å²) in [6.07, 6.45) is 9.44. The average Bonchev–Trinajstić information content (AvgIpc) is 3.21. The lowest BCUT2D eigenvalue weighted by Crippen LogP contribution is -2.51. The van der Waals surface area contributed by atoms with Crippen LogP contribution in [0.1, 0.15) is 65.2 Å². The summed E-state index contributed by atoms with van der Waals surface area (Å²) in [6, 6.07) is 0. The summed E-state index contributed by atoms with van der Waals surface area (Å²) in [5.74, 6) is 1.76. The van der Waals surface area contributed by atoms with Gasteiger partial charge >= 0.3 is 5.97 Å². The molecule has 2 fully saturated rings. The van der Waals surface area contributed by atoms with E-state index < -0.39 is 0 Å². The summed E-state index contributed by atoms with van der Waals surface area (Å²) in [7, 11) is 0. The Morgan fingerprint density at radius 3 is 2.68 bits per heavy atom. The van der Waals surface area contributed by atoms with Gasteiger partial charge in [-0.2, -0.15) is 0 Å². The zero-order valence-corrected chi connectivity index (χ0v) is 12.5. The second-order valence-electron chi connectivity index (χ2n) is 6.38. The molecular weight excluding hydrogens is 238 g/mol. The van der Waals surface area contributed by atoms with Crippen LogP contribution < -0.4 is 5.32 Å². The van der Waals surface area contributed by atoms with Crippen molar-refractivity contribution in [3.8, 4) is 0 Å². The lowest BCUT2D eigenvalue weighted by atomic mass is 9.72. The Morgan fingerprint density at radius 1 is 1.26 bits per heavy atom. The summed E-state index contributed by atoms with van der Waals surface area (Å²) in [5.41, 5.74) is 0.0216. The van der Waals surface area contributed by atoms with Crippen molar-refractivity contribution in [2.45, 2.75) is 70.8 Å². The summed E-state index contributed by atoms with van der Waals surface area (Å²) in [6.45, 7) is 5.58. The molecule has 110 valence electrons. The number of carbonyl (C=O) groups excluding carboxylic acids is 1. The maximum Gasteiger partial charge on any atom is 0.307 e. The van der Waals surface area contributed by atoms with Crippen LogP contribution in [0, 0.1) is 11.8 Å². The highest BCUT2D eigenvalue weighted by Gasteiger charge is 2.42. The topological polar surface area (TPSA) is 38.3 Å². The average molecular weight is 267 g/mol. The first kappa shape index (κ1) is 14.8. The largest absolute Gasteiger partial charge is 0.466 e. The predicted octanol–water partition coefficient (Wildman–Crippen LogP) is 3.28. The molecule has 0 bridgehead atoms. The Bertz CT molecular complexity index is 301. The Morgan fingerprint density at radius 2 is 2.05 bits per heavy atom. The van der Waals surface area contributed by atoms with Gasteiger partial charge in [0.25, 0.3) is 0 Å². The molecule has 0 aliphatic heterocycles. The van der Waals surface area contributed by atoms with Crippen LogP contribution in [0.15, 0.2) is 0 Å². The SMILES string of the molecule is CCCNC1(CC(=O)OCC)CCCC(C2CC2)C1. The number of ether oxygens (including phenoxy) is 1. The molecule has 2 aliphatic carbocycles. The fraction of sp³-hybridized carbons (Fsp3) is 0.938. The quantitative estimate of drug-likeness (QED) is 0.719. The van der Waals surface area contributed by atoms with Gasteiger partial charge in [0.1, 0.15) is 0 Å². The van der Waals surface area contributed by atoms with Crippen molar-refractivity contribution in [3.63, 3.8) is 0 Å². The molecule has 3 heteroatoms. The minimum Gasteiger partial charge on any atom is -0.466 e. The fourth-order valence-corrected chi connectivity index (χ4v) is 3.64. The second-order valence-corrected chi connectivity index (χ2v) is 6.38. The fourth-order valence-electron chi connectivity index (χ4n) is 3.64. The van der Waals surface area contributed by atoms with Gasteiger partial charge in [-0.25, -0.2) is 0 Å². The van der Waals surface area contributed by atoms with Gasteiger partial charge in [0.15, 0.2) is 0 Å². The summed E-state index contributed by atoms with van der Waals surface area (Å²) in [4.78, 5) is 11.9. The van der Waals surface area contributed by atoms with Crippen LogP contribution in [-0.4, -0.2) is 24.7 Å². The monoisotopic (exact) mass is 267 g/mol. The van der Waals surface area contributed by atoms with Gasteiger partial charge in [-0.05, 0) is 57.4 Å². The highest BCUT2D eigenvalue weighted by atomic mass is 16.5. The van der Waals surface area contributed by atoms with Crippen LogP contribution >= 0.6 is 0 Å². The molecule has 19 heavy (non-hydrogen) atoms. The first-order valence-corrected chi connectivity index (χ1v) is 8.10. The van der Waals surface area contributed by atoms with Crippen molar-refractivity contribution in [1.29, 1.82) is 0 Å². The van der Waals surface area contributed by atoms with E-state index in [2.05, 4.69) is 12.2 Å². The van der Waals surface area contributed by atoms with Gasteiger partial charge in [0.2, 0.25) is 0 Å². The number of hydrogen-bond acceptors (Lipinski definition) is 3. The molecule has 0 aromatic rings. The number of carbonyl (C=O) groups is 1. The Balaban J connectivity index is 1.97. The van der Waals surface area contributed by atoms with Crippen LogP contribution in [0.25, 0.3) is 0 Å². The first-order valence-electron chi connectivity index (χ1n) is 8.10. The number of esters is 1. The van der Waals surface area contributed by atoms with Crippen molar-refractivity contribution in [2.24, 2.45) is 11.8 Å². The minimum atomic E-state index is -0.0254. The van der Waals surface area contributed by atoms with E-state index in [0.717, 1.165) is 31.2 Å². The zero-order valence-electron chi connectivity index (χ0n) is 12.5. The highest BCUT2D eigenvalue weighted by molar-refractivity contribution is 5.71. The zero-order chi connectivity index (χ0) is 13.7. The molecule has 2 rings (SSSR count). The molecular formula is C16H29NO2. The minimum absolute atomic E-state index is 0.0216. The van der Waals surface area contributed by atoms with Crippen LogP contribution in [0.5, 0.6) is 0 Å². The van der Waals surface area contributed by atoms with Crippen LogP contribution in [0.2, 0.25) is 0 Å². The lowest BCUT2D eigenvalue weighted by Gasteiger charge is -2.41. The standard InChI is InChI=1S/C16H29NO2/c1-3-10-17-16(12-15(18)19-4-2)9-5-6-14(11-16)13-7-8-13/h13-14,17H,3-12H2,1-2H3. The molecule has 0 radical (unpaired) electrons. The Hall–Kier alpha value is -0.570. The van der Waals surface area contributed by atoms with E-state index in [0.29, 0.717) is 13.0 Å². The van der Waals surface area contributed by atoms with Gasteiger partial charge in [-0.1, -0.05) is 19.8 Å². The van der Waals surface area contributed by atoms with E-state index in [1.807, 2.05) is 6.92 Å². The molecule has 3 nitrogen and oxygen atoms in total. The van der Waals surface area contributed by atoms with E-state index in [-0.39, 0.29) is 11.5 Å². The van der Waals surface area contributed by atoms with Gasteiger partial charge in [-0.3, -0.25) is 4.79 Å². The molecule has 0 heterocycles. The third-order valence-corrected chi connectivity index (χ3v) is 4.71. The maximum atomic E-state index is 11.9. The molecule has 2 atom stereocenters. The third-order valence-electron chi connectivity index (χ3n) is 4.71. The van der Waals surface area contributed by atoms with Crippen LogP contribution in [0.3, 0.4) is 0 Å². The van der Waals surface area contributed by atoms with Crippen molar-refractivity contribution >= 4 is 5.97 Å². The van der Waals surface area contributed by atoms with Crippen molar-refractivity contribution in [2.75, 3.05) is 13.2 Å². The van der Waals surface area contributed by atoms with Gasteiger partial charge in [0.05, 0.1) is 13.0 Å². The lowest BCUT2D eigenvalue weighted by molar-refractivity contribution is -0.145. The van der Waals surface area contributed by atoms with Crippen molar-refractivity contribution < 1.29 is 9.53 Å². The van der Waals surface area contributed by atoms with E-state index >= 15 is 0 Å². The highest BCUT2D eigenvalue weighted by Crippen LogP contribution is 2.47. The molecule has 2 unspecified atom stereocenters. The number of nitrogens with one attached hydrogen (secondary N) is 1. The number of rotatable bonds is 7. The summed E-state index contributed by atoms with van der Waals surface area (Å²) >= 11 is 0. The molecule has 2 aliphatic rings. The molecule has 2 saturated carbocycles. The molecule has 0 amide bonds. The van der Waals surface area contributed by atoms with Crippen LogP contribution in [0.4, 0.5) is 0 Å². The Labute approximate surface area is 117 Å². The smallest absolute Gasteiger partial charge is 0.307 e. The molecule has 0 aromatic carbocycles. The normalized spacial score (nSPS) is 31.2. The molecule has 0 spiro atoms. The van der Waals surface area contributed by atoms with E-state index in [1.165, 1.54) is 32.1 Å². The van der Waals surface area contributed by atoms with Crippen LogP contribution in [-0.2, 0) is 9.53 Å². The van der Waals surface area contributed by atoms with E-state index in [9.17, 15) is 4.79 Å². The first-order chi connectivity index (χ1) is 9.19. The Kier molecular flexibility index (Phi) is 5.26. The molecule has 0 saturated heterocycles. The molecule has 0 aromatic heterocycles. The van der Waals surface area contributed by atoms with Crippen molar-refractivity contribution in [3.05, 3.63) is 0 Å². The third kappa shape index (κ3) is 4.20. The summed E-state index contributed by atoms with van der Waals surface area (Å²) in [5, 5.41) is 3.69. The van der Waals surface area contributed by atoms with E-state index in [4.69, 9.17) is 4.74 Å². The van der Waals surface area contributed by atoms with Crippen molar-refractivity contribution in [1.82, 2.24) is 5.32 Å². The predicted molar refractivity (Wildman–Crippen MR) is 77.0 cm³/mol. The maximum absolute atomic E-state index is 11.9. The number of hydrogen-bond donors (Lipinski definition) is 1. The van der Waals surface area contributed by atoms with E-state index in [1.54, 1.807) is 0 Å². The second kappa shape index (κ2) is 6.74.